The van der Waals surface area contributed by atoms with Gasteiger partial charge < -0.3 is 0 Å². The highest BCUT2D eigenvalue weighted by atomic mass is 79.9. The first-order chi connectivity index (χ1) is 5.63. The second-order valence-corrected chi connectivity index (χ2v) is 3.66. The summed E-state index contributed by atoms with van der Waals surface area (Å²) in [4.78, 5) is 0. The molecular weight excluding hydrogens is 214 g/mol. The number of halogens is 1. The summed E-state index contributed by atoms with van der Waals surface area (Å²) in [6.07, 6.45) is 0. The maximum atomic E-state index is 8.64. The van der Waals surface area contributed by atoms with Crippen molar-refractivity contribution in [2.75, 3.05) is 0 Å². The van der Waals surface area contributed by atoms with Crippen LogP contribution in [0.4, 0.5) is 0 Å². The second kappa shape index (κ2) is 3.73. The Hall–Kier alpha value is -0.810. The Labute approximate surface area is 81.2 Å². The highest BCUT2D eigenvalue weighted by Gasteiger charge is 2.04. The molecule has 0 aromatic heterocycles. The Morgan fingerprint density at radius 2 is 2.17 bits per heavy atom. The van der Waals surface area contributed by atoms with Crippen molar-refractivity contribution in [1.82, 2.24) is 0 Å². The third-order valence-corrected chi connectivity index (χ3v) is 2.08. The minimum Gasteiger partial charge on any atom is -0.198 e. The van der Waals surface area contributed by atoms with E-state index in [4.69, 9.17) is 5.26 Å². The van der Waals surface area contributed by atoms with Crippen LogP contribution in [-0.4, -0.2) is 0 Å². The fraction of sp³-hybridized carbons (Fsp3) is 0.200. The van der Waals surface area contributed by atoms with Crippen LogP contribution in [0.1, 0.15) is 17.0 Å². The van der Waals surface area contributed by atoms with Crippen LogP contribution in [0.15, 0.2) is 22.7 Å². The Morgan fingerprint density at radius 1 is 1.50 bits per heavy atom. The Bertz CT molecular complexity index is 305. The van der Waals surface area contributed by atoms with E-state index in [1.165, 1.54) is 0 Å². The molecule has 1 aromatic rings. The molecule has 1 unspecified atom stereocenters. The summed E-state index contributed by atoms with van der Waals surface area (Å²) >= 11 is 3.37. The van der Waals surface area contributed by atoms with E-state index in [-0.39, 0.29) is 5.92 Å². The molecule has 1 atom stereocenters. The monoisotopic (exact) mass is 222 g/mol. The highest BCUT2D eigenvalue weighted by molar-refractivity contribution is 9.10. The van der Waals surface area contributed by atoms with Crippen molar-refractivity contribution in [3.8, 4) is 6.07 Å². The van der Waals surface area contributed by atoms with Gasteiger partial charge in [-0.1, -0.05) is 22.0 Å². The van der Waals surface area contributed by atoms with Crippen LogP contribution in [0.25, 0.3) is 0 Å². The molecule has 61 valence electrons. The SMILES string of the molecule is [CH2]C(C#N)c1cc(C)cc(Br)c1. The van der Waals surface area contributed by atoms with Crippen molar-refractivity contribution in [1.29, 1.82) is 5.26 Å². The molecule has 1 rings (SSSR count). The average molecular weight is 223 g/mol. The topological polar surface area (TPSA) is 23.8 Å². The maximum absolute atomic E-state index is 8.64. The van der Waals surface area contributed by atoms with E-state index < -0.39 is 0 Å². The summed E-state index contributed by atoms with van der Waals surface area (Å²) in [6, 6.07) is 8.01. The van der Waals surface area contributed by atoms with Crippen LogP contribution >= 0.6 is 15.9 Å². The number of hydrogen-bond donors (Lipinski definition) is 0. The van der Waals surface area contributed by atoms with E-state index in [9.17, 15) is 0 Å². The first kappa shape index (κ1) is 9.28. The summed E-state index contributed by atoms with van der Waals surface area (Å²) in [5.74, 6) is -0.277. The highest BCUT2D eigenvalue weighted by Crippen LogP contribution is 2.20. The van der Waals surface area contributed by atoms with Gasteiger partial charge in [-0.2, -0.15) is 5.26 Å². The zero-order chi connectivity index (χ0) is 9.14. The molecule has 0 heterocycles. The Balaban J connectivity index is 3.10. The van der Waals surface area contributed by atoms with Gasteiger partial charge in [0, 0.05) is 4.47 Å². The minimum atomic E-state index is -0.277. The molecule has 0 fully saturated rings. The summed E-state index contributed by atoms with van der Waals surface area (Å²) in [5.41, 5.74) is 2.10. The molecule has 2 heteroatoms. The predicted octanol–water partition coefficient (Wildman–Crippen LogP) is 3.20. The summed E-state index contributed by atoms with van der Waals surface area (Å²) in [5, 5.41) is 8.64. The molecule has 0 aliphatic carbocycles. The first-order valence-electron chi connectivity index (χ1n) is 3.63. The van der Waals surface area contributed by atoms with Gasteiger partial charge in [0.05, 0.1) is 12.0 Å². The van der Waals surface area contributed by atoms with Gasteiger partial charge in [0.25, 0.3) is 0 Å². The van der Waals surface area contributed by atoms with Crippen LogP contribution in [0.5, 0.6) is 0 Å². The van der Waals surface area contributed by atoms with Crippen LogP contribution < -0.4 is 0 Å². The van der Waals surface area contributed by atoms with Gasteiger partial charge in [0.2, 0.25) is 0 Å². The lowest BCUT2D eigenvalue weighted by molar-refractivity contribution is 1.08. The van der Waals surface area contributed by atoms with Gasteiger partial charge in [-0.15, -0.1) is 0 Å². The predicted molar refractivity (Wildman–Crippen MR) is 52.6 cm³/mol. The fourth-order valence-electron chi connectivity index (χ4n) is 1.04. The van der Waals surface area contributed by atoms with Crippen molar-refractivity contribution < 1.29 is 0 Å². The molecule has 0 amide bonds. The molecular formula is C10H9BrN. The zero-order valence-electron chi connectivity index (χ0n) is 6.84. The Morgan fingerprint density at radius 3 is 2.67 bits per heavy atom. The van der Waals surface area contributed by atoms with E-state index in [1.807, 2.05) is 25.1 Å². The molecule has 0 saturated heterocycles. The number of nitrogens with zero attached hydrogens (tertiary/aromatic N) is 1. The van der Waals surface area contributed by atoms with Gasteiger partial charge in [-0.25, -0.2) is 0 Å². The van der Waals surface area contributed by atoms with Gasteiger partial charge in [-0.3, -0.25) is 0 Å². The lowest BCUT2D eigenvalue weighted by Crippen LogP contribution is -1.90. The van der Waals surface area contributed by atoms with Gasteiger partial charge in [0.1, 0.15) is 0 Å². The molecule has 0 saturated carbocycles. The number of benzene rings is 1. The van der Waals surface area contributed by atoms with E-state index in [2.05, 4.69) is 28.9 Å². The standard InChI is InChI=1S/C10H9BrN/c1-7-3-9(8(2)6-12)5-10(11)4-7/h3-5,8H,2H2,1H3. The second-order valence-electron chi connectivity index (χ2n) is 2.74. The molecule has 0 bridgehead atoms. The van der Waals surface area contributed by atoms with Crippen LogP contribution in [0, 0.1) is 25.2 Å². The molecule has 1 radical (unpaired) electrons. The van der Waals surface area contributed by atoms with E-state index >= 15 is 0 Å². The van der Waals surface area contributed by atoms with E-state index in [0.717, 1.165) is 15.6 Å². The third kappa shape index (κ3) is 2.09. The fourth-order valence-corrected chi connectivity index (χ4v) is 1.67. The van der Waals surface area contributed by atoms with Crippen molar-refractivity contribution in [2.24, 2.45) is 0 Å². The van der Waals surface area contributed by atoms with Crippen molar-refractivity contribution in [3.63, 3.8) is 0 Å². The van der Waals surface area contributed by atoms with Crippen molar-refractivity contribution in [2.45, 2.75) is 12.8 Å². The molecule has 0 spiro atoms. The van der Waals surface area contributed by atoms with Gasteiger partial charge in [0.15, 0.2) is 0 Å². The largest absolute Gasteiger partial charge is 0.198 e. The van der Waals surface area contributed by atoms with Crippen LogP contribution in [-0.2, 0) is 0 Å². The lowest BCUT2D eigenvalue weighted by atomic mass is 10.0. The quantitative estimate of drug-likeness (QED) is 0.717. The van der Waals surface area contributed by atoms with Crippen molar-refractivity contribution >= 4 is 15.9 Å². The lowest BCUT2D eigenvalue weighted by Gasteiger charge is -2.04. The van der Waals surface area contributed by atoms with Crippen LogP contribution in [0.2, 0.25) is 0 Å². The maximum Gasteiger partial charge on any atom is 0.0713 e. The van der Waals surface area contributed by atoms with Gasteiger partial charge >= 0.3 is 0 Å². The molecule has 1 aromatic carbocycles. The molecule has 12 heavy (non-hydrogen) atoms. The van der Waals surface area contributed by atoms with E-state index in [0.29, 0.717) is 0 Å². The first-order valence-corrected chi connectivity index (χ1v) is 4.42. The van der Waals surface area contributed by atoms with E-state index in [1.54, 1.807) is 0 Å². The number of nitriles is 1. The summed E-state index contributed by atoms with van der Waals surface area (Å²) < 4.78 is 1.00. The minimum absolute atomic E-state index is 0.277. The zero-order valence-corrected chi connectivity index (χ0v) is 8.43. The number of rotatable bonds is 1. The van der Waals surface area contributed by atoms with Crippen LogP contribution in [0.3, 0.4) is 0 Å². The molecule has 0 aliphatic heterocycles. The summed E-state index contributed by atoms with van der Waals surface area (Å²) in [7, 11) is 0. The third-order valence-electron chi connectivity index (χ3n) is 1.62. The average Bonchev–Trinajstić information content (AvgIpc) is 2.01. The van der Waals surface area contributed by atoms with Gasteiger partial charge in [-0.05, 0) is 37.1 Å². The molecule has 0 aliphatic rings. The molecule has 0 N–H and O–H groups in total. The summed E-state index contributed by atoms with van der Waals surface area (Å²) in [6.45, 7) is 5.73. The van der Waals surface area contributed by atoms with Crippen molar-refractivity contribution in [3.05, 3.63) is 40.7 Å². The smallest absolute Gasteiger partial charge is 0.0713 e. The molecule has 1 nitrogen and oxygen atoms in total. The Kier molecular flexibility index (Phi) is 2.88. The number of aryl methyl sites for hydroxylation is 1. The number of hydrogen-bond acceptors (Lipinski definition) is 1. The normalized spacial score (nSPS) is 12.2.